The number of hydrogen-bond acceptors (Lipinski definition) is 5. The number of carbonyl (C=O) groups excluding carboxylic acids is 1. The minimum atomic E-state index is -0.189. The molecule has 0 unspecified atom stereocenters. The van der Waals surface area contributed by atoms with E-state index in [-0.39, 0.29) is 11.8 Å². The van der Waals surface area contributed by atoms with Crippen molar-refractivity contribution in [1.29, 1.82) is 0 Å². The number of halogens is 1. The zero-order valence-corrected chi connectivity index (χ0v) is 18.7. The molecule has 4 aromatic rings. The van der Waals surface area contributed by atoms with Crippen LogP contribution in [0.1, 0.15) is 48.3 Å². The Labute approximate surface area is 191 Å². The van der Waals surface area contributed by atoms with Gasteiger partial charge in [0.1, 0.15) is 5.69 Å². The monoisotopic (exact) mass is 449 g/mol. The van der Waals surface area contributed by atoms with Crippen LogP contribution in [0.2, 0.25) is 5.02 Å². The Hall–Kier alpha value is -3.45. The number of aromatic nitrogens is 4. The van der Waals surface area contributed by atoms with Gasteiger partial charge in [0.2, 0.25) is 5.89 Å². The third kappa shape index (κ3) is 5.06. The van der Waals surface area contributed by atoms with Crippen molar-refractivity contribution < 1.29 is 9.32 Å². The maximum absolute atomic E-state index is 13.0. The summed E-state index contributed by atoms with van der Waals surface area (Å²) in [5.41, 5.74) is 2.79. The molecule has 0 saturated carbocycles. The van der Waals surface area contributed by atoms with Crippen molar-refractivity contribution in [1.82, 2.24) is 25.2 Å². The maximum atomic E-state index is 13.0. The first-order chi connectivity index (χ1) is 15.5. The molecule has 32 heavy (non-hydrogen) atoms. The maximum Gasteiger partial charge on any atom is 0.255 e. The fraction of sp³-hybridized carbons (Fsp3) is 0.250. The molecule has 2 aromatic carbocycles. The molecule has 0 fully saturated rings. The van der Waals surface area contributed by atoms with Gasteiger partial charge in [0.15, 0.2) is 5.82 Å². The Morgan fingerprint density at radius 2 is 1.88 bits per heavy atom. The smallest absolute Gasteiger partial charge is 0.255 e. The number of benzene rings is 2. The number of para-hydroxylation sites is 1. The molecule has 4 rings (SSSR count). The van der Waals surface area contributed by atoms with Crippen LogP contribution in [0, 0.1) is 0 Å². The van der Waals surface area contributed by atoms with E-state index in [0.717, 1.165) is 11.3 Å². The lowest BCUT2D eigenvalue weighted by Crippen LogP contribution is -2.25. The molecule has 0 saturated heterocycles. The van der Waals surface area contributed by atoms with Crippen LogP contribution in [0.5, 0.6) is 0 Å². The number of rotatable bonds is 8. The van der Waals surface area contributed by atoms with Gasteiger partial charge in [-0.15, -0.1) is 0 Å². The predicted octanol–water partition coefficient (Wildman–Crippen LogP) is 5.06. The third-order valence-electron chi connectivity index (χ3n) is 4.95. The van der Waals surface area contributed by atoms with Crippen LogP contribution in [-0.4, -0.2) is 32.4 Å². The van der Waals surface area contributed by atoms with Gasteiger partial charge in [-0.3, -0.25) is 4.79 Å². The van der Waals surface area contributed by atoms with Crippen LogP contribution in [0.3, 0.4) is 0 Å². The van der Waals surface area contributed by atoms with Crippen LogP contribution < -0.4 is 5.32 Å². The summed E-state index contributed by atoms with van der Waals surface area (Å²) in [6.45, 7) is 4.51. The van der Waals surface area contributed by atoms with Crippen LogP contribution in [0.4, 0.5) is 0 Å². The van der Waals surface area contributed by atoms with Crippen LogP contribution in [0.15, 0.2) is 65.3 Å². The first kappa shape index (κ1) is 21.8. The Kier molecular flexibility index (Phi) is 6.66. The van der Waals surface area contributed by atoms with Gasteiger partial charge < -0.3 is 9.84 Å². The predicted molar refractivity (Wildman–Crippen MR) is 123 cm³/mol. The molecule has 0 radical (unpaired) electrons. The Bertz CT molecular complexity index is 1180. The molecule has 8 heteroatoms. The second-order valence-corrected chi connectivity index (χ2v) is 8.18. The van der Waals surface area contributed by atoms with E-state index in [2.05, 4.69) is 20.6 Å². The van der Waals surface area contributed by atoms with Gasteiger partial charge in [0.25, 0.3) is 5.91 Å². The van der Waals surface area contributed by atoms with E-state index in [0.29, 0.717) is 47.4 Å². The number of hydrogen-bond donors (Lipinski definition) is 1. The summed E-state index contributed by atoms with van der Waals surface area (Å²) >= 11 is 6.03. The number of carbonyl (C=O) groups is 1. The first-order valence-electron chi connectivity index (χ1n) is 10.5. The molecule has 1 amide bonds. The molecule has 0 aliphatic carbocycles. The number of nitrogens with zero attached hydrogens (tertiary/aromatic N) is 4. The minimum Gasteiger partial charge on any atom is -0.352 e. The highest BCUT2D eigenvalue weighted by Crippen LogP contribution is 2.25. The summed E-state index contributed by atoms with van der Waals surface area (Å²) < 4.78 is 6.97. The van der Waals surface area contributed by atoms with E-state index in [1.165, 1.54) is 0 Å². The van der Waals surface area contributed by atoms with Crippen molar-refractivity contribution in [2.75, 3.05) is 6.54 Å². The second kappa shape index (κ2) is 9.78. The molecule has 1 N–H and O–H groups in total. The standard InChI is InChI=1S/C24H24ClN5O2/c1-16(2)23-27-21(32-29-23)9-6-14-26-24(31)20-15-30(19-7-4-3-5-8-19)28-22(20)17-10-12-18(25)13-11-17/h3-5,7-8,10-13,15-16H,6,9,14H2,1-2H3,(H,26,31). The zero-order chi connectivity index (χ0) is 22.5. The summed E-state index contributed by atoms with van der Waals surface area (Å²) in [4.78, 5) is 17.4. The largest absolute Gasteiger partial charge is 0.352 e. The summed E-state index contributed by atoms with van der Waals surface area (Å²) in [6.07, 6.45) is 3.05. The summed E-state index contributed by atoms with van der Waals surface area (Å²) in [7, 11) is 0. The summed E-state index contributed by atoms with van der Waals surface area (Å²) in [6, 6.07) is 17.0. The van der Waals surface area contributed by atoms with E-state index in [9.17, 15) is 4.79 Å². The van der Waals surface area contributed by atoms with Gasteiger partial charge in [-0.2, -0.15) is 10.1 Å². The van der Waals surface area contributed by atoms with Gasteiger partial charge in [0.05, 0.1) is 11.3 Å². The molecule has 2 heterocycles. The van der Waals surface area contributed by atoms with Gasteiger partial charge in [0, 0.05) is 35.7 Å². The highest BCUT2D eigenvalue weighted by molar-refractivity contribution is 6.30. The second-order valence-electron chi connectivity index (χ2n) is 7.74. The van der Waals surface area contributed by atoms with Crippen LogP contribution in [-0.2, 0) is 6.42 Å². The van der Waals surface area contributed by atoms with Crippen LogP contribution in [0.25, 0.3) is 16.9 Å². The van der Waals surface area contributed by atoms with Gasteiger partial charge in [-0.05, 0) is 30.7 Å². The highest BCUT2D eigenvalue weighted by atomic mass is 35.5. The lowest BCUT2D eigenvalue weighted by molar-refractivity contribution is 0.0953. The number of nitrogens with one attached hydrogen (secondary N) is 1. The van der Waals surface area contributed by atoms with E-state index in [4.69, 9.17) is 16.1 Å². The van der Waals surface area contributed by atoms with Gasteiger partial charge >= 0.3 is 0 Å². The molecular formula is C24H24ClN5O2. The average molecular weight is 450 g/mol. The van der Waals surface area contributed by atoms with Crippen molar-refractivity contribution >= 4 is 17.5 Å². The molecular weight excluding hydrogens is 426 g/mol. The quantitative estimate of drug-likeness (QED) is 0.380. The fourth-order valence-corrected chi connectivity index (χ4v) is 3.34. The molecule has 0 aliphatic rings. The molecule has 164 valence electrons. The summed E-state index contributed by atoms with van der Waals surface area (Å²) in [5.74, 6) is 1.32. The third-order valence-corrected chi connectivity index (χ3v) is 5.20. The lowest BCUT2D eigenvalue weighted by atomic mass is 10.1. The van der Waals surface area contributed by atoms with Crippen molar-refractivity contribution in [2.45, 2.75) is 32.6 Å². The molecule has 0 aliphatic heterocycles. The summed E-state index contributed by atoms with van der Waals surface area (Å²) in [5, 5.41) is 12.2. The van der Waals surface area contributed by atoms with Crippen molar-refractivity contribution in [3.8, 4) is 16.9 Å². The minimum absolute atomic E-state index is 0.189. The first-order valence-corrected chi connectivity index (χ1v) is 10.9. The van der Waals surface area contributed by atoms with Crippen LogP contribution >= 0.6 is 11.6 Å². The Morgan fingerprint density at radius 3 is 2.56 bits per heavy atom. The topological polar surface area (TPSA) is 85.8 Å². The number of amides is 1. The fourth-order valence-electron chi connectivity index (χ4n) is 3.21. The Balaban J connectivity index is 1.48. The number of aryl methyl sites for hydroxylation is 1. The lowest BCUT2D eigenvalue weighted by Gasteiger charge is -2.05. The van der Waals surface area contributed by atoms with E-state index < -0.39 is 0 Å². The van der Waals surface area contributed by atoms with Crippen molar-refractivity contribution in [2.24, 2.45) is 0 Å². The van der Waals surface area contributed by atoms with E-state index in [1.807, 2.05) is 56.3 Å². The average Bonchev–Trinajstić information content (AvgIpc) is 3.46. The molecule has 2 aromatic heterocycles. The molecule has 0 bridgehead atoms. The molecule has 0 atom stereocenters. The normalized spacial score (nSPS) is 11.1. The van der Waals surface area contributed by atoms with Gasteiger partial charge in [-0.1, -0.05) is 60.9 Å². The van der Waals surface area contributed by atoms with Crippen molar-refractivity contribution in [3.63, 3.8) is 0 Å². The SMILES string of the molecule is CC(C)c1noc(CCCNC(=O)c2cn(-c3ccccc3)nc2-c2ccc(Cl)cc2)n1. The highest BCUT2D eigenvalue weighted by Gasteiger charge is 2.19. The van der Waals surface area contributed by atoms with E-state index >= 15 is 0 Å². The molecule has 0 spiro atoms. The Morgan fingerprint density at radius 1 is 1.12 bits per heavy atom. The zero-order valence-electron chi connectivity index (χ0n) is 18.0. The van der Waals surface area contributed by atoms with E-state index in [1.54, 1.807) is 23.0 Å². The van der Waals surface area contributed by atoms with Crippen molar-refractivity contribution in [3.05, 3.63) is 83.1 Å². The van der Waals surface area contributed by atoms with Gasteiger partial charge in [-0.25, -0.2) is 4.68 Å². The molecule has 7 nitrogen and oxygen atoms in total.